The van der Waals surface area contributed by atoms with Crippen molar-refractivity contribution in [2.75, 3.05) is 0 Å². The molecule has 0 aromatic heterocycles. The molecule has 0 aromatic carbocycles. The molecule has 0 radical (unpaired) electrons. The summed E-state index contributed by atoms with van der Waals surface area (Å²) in [5, 5.41) is 9.14. The lowest BCUT2D eigenvalue weighted by atomic mass is 9.89. The van der Waals surface area contributed by atoms with Gasteiger partial charge in [-0.05, 0) is 19.8 Å². The van der Waals surface area contributed by atoms with Crippen molar-refractivity contribution in [1.82, 2.24) is 10.9 Å². The van der Waals surface area contributed by atoms with Crippen LogP contribution in [0.2, 0.25) is 0 Å². The monoisotopic (exact) mass is 296 g/mol. The summed E-state index contributed by atoms with van der Waals surface area (Å²) in [6.07, 6.45) is -1.74. The van der Waals surface area contributed by atoms with Gasteiger partial charge in [-0.2, -0.15) is 13.2 Å². The smallest absolute Gasteiger partial charge is 0.380 e. The highest BCUT2D eigenvalue weighted by Gasteiger charge is 2.51. The maximum atomic E-state index is 12.4. The van der Waals surface area contributed by atoms with Crippen molar-refractivity contribution in [2.45, 2.75) is 57.2 Å². The van der Waals surface area contributed by atoms with E-state index in [2.05, 4.69) is 5.43 Å². The van der Waals surface area contributed by atoms with E-state index in [-0.39, 0.29) is 5.92 Å². The fourth-order valence-electron chi connectivity index (χ4n) is 2.06. The SMILES string of the molecule is C[C@](O)(CC(=O)NNC(=O)C1CCCCC1)C(F)(F)F. The molecule has 1 aliphatic carbocycles. The molecule has 0 aliphatic heterocycles. The van der Waals surface area contributed by atoms with E-state index >= 15 is 0 Å². The summed E-state index contributed by atoms with van der Waals surface area (Å²) in [4.78, 5) is 23.0. The molecular formula is C12H19F3N2O3. The van der Waals surface area contributed by atoms with Gasteiger partial charge in [-0.25, -0.2) is 0 Å². The van der Waals surface area contributed by atoms with Gasteiger partial charge in [0.25, 0.3) is 0 Å². The van der Waals surface area contributed by atoms with Crippen molar-refractivity contribution in [3.63, 3.8) is 0 Å². The van der Waals surface area contributed by atoms with Crippen LogP contribution in [0, 0.1) is 5.92 Å². The first-order valence-corrected chi connectivity index (χ1v) is 6.51. The first-order chi connectivity index (χ1) is 9.13. The first-order valence-electron chi connectivity index (χ1n) is 6.51. The normalized spacial score (nSPS) is 20.1. The molecule has 1 aliphatic rings. The Hall–Kier alpha value is -1.31. The van der Waals surface area contributed by atoms with E-state index in [0.29, 0.717) is 19.8 Å². The number of aliphatic hydroxyl groups is 1. The number of hydrogen-bond donors (Lipinski definition) is 3. The van der Waals surface area contributed by atoms with Gasteiger partial charge in [-0.15, -0.1) is 0 Å². The Morgan fingerprint density at radius 2 is 1.70 bits per heavy atom. The van der Waals surface area contributed by atoms with Gasteiger partial charge in [-0.1, -0.05) is 19.3 Å². The molecule has 0 saturated heterocycles. The summed E-state index contributed by atoms with van der Waals surface area (Å²) in [6.45, 7) is 0.509. The topological polar surface area (TPSA) is 78.4 Å². The van der Waals surface area contributed by atoms with E-state index in [1.54, 1.807) is 0 Å². The zero-order valence-corrected chi connectivity index (χ0v) is 11.2. The number of carbonyl (C=O) groups is 2. The van der Waals surface area contributed by atoms with Crippen LogP contribution in [-0.2, 0) is 9.59 Å². The van der Waals surface area contributed by atoms with Gasteiger partial charge in [0.05, 0.1) is 6.42 Å². The van der Waals surface area contributed by atoms with Crippen LogP contribution in [0.15, 0.2) is 0 Å². The minimum absolute atomic E-state index is 0.216. The van der Waals surface area contributed by atoms with Gasteiger partial charge >= 0.3 is 6.18 Å². The highest BCUT2D eigenvalue weighted by molar-refractivity contribution is 5.83. The van der Waals surface area contributed by atoms with Crippen molar-refractivity contribution in [3.05, 3.63) is 0 Å². The fourth-order valence-corrected chi connectivity index (χ4v) is 2.06. The molecule has 0 spiro atoms. The van der Waals surface area contributed by atoms with E-state index in [0.717, 1.165) is 19.3 Å². The molecule has 0 unspecified atom stereocenters. The minimum Gasteiger partial charge on any atom is -0.380 e. The standard InChI is InChI=1S/C12H19F3N2O3/c1-11(20,12(13,14)15)7-9(18)16-17-10(19)8-5-3-2-4-6-8/h8,20H,2-7H2,1H3,(H,16,18)(H,17,19)/t11-/m0/s1. The lowest BCUT2D eigenvalue weighted by Gasteiger charge is -2.26. The first kappa shape index (κ1) is 16.7. The zero-order chi connectivity index (χ0) is 15.4. The highest BCUT2D eigenvalue weighted by Crippen LogP contribution is 2.32. The molecule has 1 saturated carbocycles. The zero-order valence-electron chi connectivity index (χ0n) is 11.2. The van der Waals surface area contributed by atoms with Crippen LogP contribution in [0.1, 0.15) is 45.4 Å². The van der Waals surface area contributed by atoms with Crippen molar-refractivity contribution in [2.24, 2.45) is 5.92 Å². The molecule has 1 rings (SSSR count). The molecule has 8 heteroatoms. The van der Waals surface area contributed by atoms with Crippen LogP contribution in [0.4, 0.5) is 13.2 Å². The predicted octanol–water partition coefficient (Wildman–Crippen LogP) is 1.42. The third-order valence-corrected chi connectivity index (χ3v) is 3.42. The van der Waals surface area contributed by atoms with E-state index in [1.807, 2.05) is 5.43 Å². The van der Waals surface area contributed by atoms with Crippen LogP contribution in [0.5, 0.6) is 0 Å². The molecule has 1 fully saturated rings. The molecule has 2 amide bonds. The van der Waals surface area contributed by atoms with Crippen LogP contribution in [-0.4, -0.2) is 28.7 Å². The van der Waals surface area contributed by atoms with Gasteiger partial charge in [0.1, 0.15) is 0 Å². The average molecular weight is 296 g/mol. The molecule has 116 valence electrons. The second kappa shape index (κ2) is 6.43. The van der Waals surface area contributed by atoms with E-state index in [4.69, 9.17) is 5.11 Å². The molecule has 5 nitrogen and oxygen atoms in total. The number of alkyl halides is 3. The summed E-state index contributed by atoms with van der Waals surface area (Å²) in [5.74, 6) is -1.70. The number of carbonyl (C=O) groups excluding carboxylic acids is 2. The quantitative estimate of drug-likeness (QED) is 0.689. The third-order valence-electron chi connectivity index (χ3n) is 3.42. The van der Waals surface area contributed by atoms with Crippen LogP contribution < -0.4 is 10.9 Å². The number of hydrogen-bond acceptors (Lipinski definition) is 3. The molecule has 20 heavy (non-hydrogen) atoms. The molecule has 0 aromatic rings. The second-order valence-electron chi connectivity index (χ2n) is 5.32. The van der Waals surface area contributed by atoms with Crippen LogP contribution >= 0.6 is 0 Å². The van der Waals surface area contributed by atoms with Gasteiger partial charge in [-0.3, -0.25) is 20.4 Å². The van der Waals surface area contributed by atoms with E-state index < -0.39 is 30.0 Å². The number of hydrazine groups is 1. The summed E-state index contributed by atoms with van der Waals surface area (Å²) in [7, 11) is 0. The molecule has 0 heterocycles. The fraction of sp³-hybridized carbons (Fsp3) is 0.833. The third kappa shape index (κ3) is 4.66. The lowest BCUT2D eigenvalue weighted by molar-refractivity contribution is -0.253. The number of nitrogens with one attached hydrogen (secondary N) is 2. The summed E-state index contributed by atoms with van der Waals surface area (Å²) in [6, 6.07) is 0. The molecule has 0 bridgehead atoms. The Morgan fingerprint density at radius 1 is 1.15 bits per heavy atom. The molecular weight excluding hydrogens is 277 g/mol. The molecule has 1 atom stereocenters. The largest absolute Gasteiger partial charge is 0.417 e. The molecule has 3 N–H and O–H groups in total. The number of halogens is 3. The Morgan fingerprint density at radius 3 is 2.20 bits per heavy atom. The van der Waals surface area contributed by atoms with Crippen molar-refractivity contribution < 1.29 is 27.9 Å². The van der Waals surface area contributed by atoms with Gasteiger partial charge in [0.15, 0.2) is 5.60 Å². The van der Waals surface area contributed by atoms with Crippen LogP contribution in [0.3, 0.4) is 0 Å². The van der Waals surface area contributed by atoms with E-state index in [9.17, 15) is 22.8 Å². The van der Waals surface area contributed by atoms with Crippen molar-refractivity contribution >= 4 is 11.8 Å². The maximum absolute atomic E-state index is 12.4. The van der Waals surface area contributed by atoms with E-state index in [1.165, 1.54) is 0 Å². The highest BCUT2D eigenvalue weighted by atomic mass is 19.4. The predicted molar refractivity (Wildman–Crippen MR) is 64.2 cm³/mol. The average Bonchev–Trinajstić information content (AvgIpc) is 2.35. The lowest BCUT2D eigenvalue weighted by Crippen LogP contribution is -2.50. The second-order valence-corrected chi connectivity index (χ2v) is 5.32. The summed E-state index contributed by atoms with van der Waals surface area (Å²) < 4.78 is 37.1. The Kier molecular flexibility index (Phi) is 5.38. The Labute approximate surface area is 114 Å². The number of rotatable bonds is 3. The Balaban J connectivity index is 2.38. The van der Waals surface area contributed by atoms with Gasteiger partial charge in [0.2, 0.25) is 11.8 Å². The van der Waals surface area contributed by atoms with Crippen molar-refractivity contribution in [1.29, 1.82) is 0 Å². The summed E-state index contributed by atoms with van der Waals surface area (Å²) >= 11 is 0. The van der Waals surface area contributed by atoms with Gasteiger partial charge in [0, 0.05) is 5.92 Å². The van der Waals surface area contributed by atoms with Crippen molar-refractivity contribution in [3.8, 4) is 0 Å². The number of amides is 2. The maximum Gasteiger partial charge on any atom is 0.417 e. The van der Waals surface area contributed by atoms with Crippen LogP contribution in [0.25, 0.3) is 0 Å². The summed E-state index contributed by atoms with van der Waals surface area (Å²) in [5.41, 5.74) is 0.900. The minimum atomic E-state index is -4.91. The Bertz CT molecular complexity index is 363. The van der Waals surface area contributed by atoms with Gasteiger partial charge < -0.3 is 5.11 Å².